The van der Waals surface area contributed by atoms with E-state index in [1.165, 1.54) is 98.6 Å². The van der Waals surface area contributed by atoms with Gasteiger partial charge in [0.15, 0.2) is 0 Å². The molecule has 406 valence electrons. The van der Waals surface area contributed by atoms with E-state index in [0.29, 0.717) is 33.9 Å². The Hall–Kier alpha value is -6.61. The number of β-lactam (4-membered cyclic amide) rings is 2. The van der Waals surface area contributed by atoms with Crippen LogP contribution in [0.4, 0.5) is 16.2 Å². The van der Waals surface area contributed by atoms with E-state index in [0.717, 1.165) is 0 Å². The number of non-ortho nitro benzene ring substituents is 2. The van der Waals surface area contributed by atoms with Crippen LogP contribution in [0.1, 0.15) is 53.1 Å². The summed E-state index contributed by atoms with van der Waals surface area (Å²) < 4.78 is 11.1. The molecule has 6 aliphatic rings. The van der Waals surface area contributed by atoms with Crippen LogP contribution in [0.5, 0.6) is 0 Å². The smallest absolute Gasteiger partial charge is 0.410 e. The number of benzene rings is 2. The molecule has 0 bridgehead atoms. The number of amides is 5. The van der Waals surface area contributed by atoms with Crippen molar-refractivity contribution < 1.29 is 69.6 Å². The Balaban J connectivity index is 0.000000292. The molecule has 6 aliphatic heterocycles. The van der Waals surface area contributed by atoms with Crippen LogP contribution in [-0.2, 0) is 51.5 Å². The number of aliphatic hydroxyl groups excluding tert-OH is 2. The van der Waals surface area contributed by atoms with Crippen molar-refractivity contribution in [3.8, 4) is 0 Å². The topological polar surface area (TPSA) is 313 Å². The van der Waals surface area contributed by atoms with E-state index in [1.807, 2.05) is 13.8 Å². The summed E-state index contributed by atoms with van der Waals surface area (Å²) in [6.07, 6.45) is -1.70. The van der Waals surface area contributed by atoms with E-state index >= 15 is 0 Å². The molecule has 0 aliphatic carbocycles. The molecule has 26 heteroatoms. The van der Waals surface area contributed by atoms with Crippen LogP contribution >= 0.6 is 23.5 Å². The lowest BCUT2D eigenvalue weighted by atomic mass is 9.79. The number of carbonyl (C=O) groups is 7. The summed E-state index contributed by atoms with van der Waals surface area (Å²) in [5, 5.41) is 54.7. The molecule has 0 saturated carbocycles. The predicted octanol–water partition coefficient (Wildman–Crippen LogP) is 3.15. The molecule has 6 heterocycles. The van der Waals surface area contributed by atoms with E-state index in [9.17, 15) is 69.1 Å². The third-order valence-electron chi connectivity index (χ3n) is 14.3. The number of nitro groups is 2. The highest BCUT2D eigenvalue weighted by molar-refractivity contribution is 8.04. The molecule has 8 rings (SSSR count). The van der Waals surface area contributed by atoms with Crippen molar-refractivity contribution in [2.45, 2.75) is 101 Å². The average molecular weight is 1080 g/mol. The molecule has 0 unspecified atom stereocenters. The maximum Gasteiger partial charge on any atom is 0.410 e. The number of aliphatic carboxylic acids is 1. The molecular formula is C49H62N8O16S2. The Morgan fingerprint density at radius 1 is 0.733 bits per heavy atom. The summed E-state index contributed by atoms with van der Waals surface area (Å²) in [5.41, 5.74) is 0.853. The van der Waals surface area contributed by atoms with Gasteiger partial charge in [-0.1, -0.05) is 13.8 Å². The fourth-order valence-corrected chi connectivity index (χ4v) is 13.5. The number of fused-ring (bicyclic) bond motifs is 2. The van der Waals surface area contributed by atoms with Gasteiger partial charge in [0.1, 0.15) is 30.6 Å². The number of nitrogens with zero attached hydrogens (tertiary/aromatic N) is 7. The molecule has 0 aromatic heterocycles. The van der Waals surface area contributed by atoms with Crippen molar-refractivity contribution in [3.05, 3.63) is 101 Å². The summed E-state index contributed by atoms with van der Waals surface area (Å²) >= 11 is 2.71. The molecule has 2 aromatic rings. The molecule has 5 amide bonds. The second kappa shape index (κ2) is 22.7. The Kier molecular flexibility index (Phi) is 17.0. The van der Waals surface area contributed by atoms with Gasteiger partial charge in [-0.2, -0.15) is 0 Å². The van der Waals surface area contributed by atoms with Gasteiger partial charge in [0.2, 0.25) is 23.6 Å². The molecule has 24 nitrogen and oxygen atoms in total. The number of nitrogens with one attached hydrogen (secondary N) is 1. The first kappa shape index (κ1) is 56.1. The van der Waals surface area contributed by atoms with Gasteiger partial charge in [0.25, 0.3) is 11.4 Å². The summed E-state index contributed by atoms with van der Waals surface area (Å²) in [6.45, 7) is 7.12. The number of likely N-dealkylation sites (N-methyl/N-ethyl adjacent to an activating group) is 2. The molecule has 0 radical (unpaired) electrons. The number of aliphatic hydroxyl groups is 2. The van der Waals surface area contributed by atoms with Crippen LogP contribution in [0.2, 0.25) is 0 Å². The number of carboxylic acids is 1. The number of carbonyl (C=O) groups excluding carboxylic acids is 6. The van der Waals surface area contributed by atoms with Gasteiger partial charge in [-0.3, -0.25) is 44.3 Å². The van der Waals surface area contributed by atoms with E-state index in [2.05, 4.69) is 5.32 Å². The second-order valence-electron chi connectivity index (χ2n) is 19.8. The van der Waals surface area contributed by atoms with Crippen molar-refractivity contribution in [2.24, 2.45) is 23.7 Å². The highest BCUT2D eigenvalue weighted by Crippen LogP contribution is 2.54. The summed E-state index contributed by atoms with van der Waals surface area (Å²) in [5.74, 6) is -4.79. The van der Waals surface area contributed by atoms with E-state index in [1.54, 1.807) is 40.0 Å². The molecule has 2 aromatic carbocycles. The largest absolute Gasteiger partial charge is 0.477 e. The van der Waals surface area contributed by atoms with Crippen LogP contribution in [0.3, 0.4) is 0 Å². The zero-order valence-electron chi connectivity index (χ0n) is 42.4. The quantitative estimate of drug-likeness (QED) is 0.0812. The first-order valence-electron chi connectivity index (χ1n) is 24.1. The van der Waals surface area contributed by atoms with Gasteiger partial charge in [-0.05, 0) is 62.1 Å². The van der Waals surface area contributed by atoms with Gasteiger partial charge in [0.05, 0.1) is 52.0 Å². The van der Waals surface area contributed by atoms with Gasteiger partial charge >= 0.3 is 18.0 Å². The number of nitro benzene ring substituents is 2. The summed E-state index contributed by atoms with van der Waals surface area (Å²) in [7, 11) is 6.55. The van der Waals surface area contributed by atoms with E-state index in [4.69, 9.17) is 9.47 Å². The molecule has 4 saturated heterocycles. The molecule has 4 N–H and O–H groups in total. The average Bonchev–Trinajstić information content (AvgIpc) is 4.11. The predicted molar refractivity (Wildman–Crippen MR) is 272 cm³/mol. The highest BCUT2D eigenvalue weighted by Gasteiger charge is 2.62. The first-order chi connectivity index (χ1) is 35.3. The standard InChI is InChI=1S/C32H35N5O11S.C17H25N3O5S.H2/c1-17-26-25(18(2)38)30(40)35(26)27(31(41)47-15-19-5-9-21(10-6-19)36(43)44)28(17)49-23-13-24(29(39)33(3)4)34(14-23)32(42)48-16-20-7-11-22(12-8-20)37(45)46;1-7-12-11(8(2)21)16(23)20(12)13(17(24)25)14(7)26-9-5-10(18-6-9)15(22)19(3)4;/h5-12,17-18,23-26,38H,13-16H2,1-4H3;7-12,18,21H,5-6H2,1-4H3,(H,24,25);1H/t17-,18-,23+,24+,25-,26-;7-,8-,9+,10+,11-,12-;/m11./s1. The molecule has 4 fully saturated rings. The fraction of sp³-hybridized carbons (Fsp3) is 0.531. The highest BCUT2D eigenvalue weighted by atomic mass is 32.2. The molecular weight excluding hydrogens is 1020 g/mol. The normalized spacial score (nSPS) is 27.3. The maximum atomic E-state index is 13.6. The number of likely N-dealkylation sites (tertiary alicyclic amines) is 1. The number of hydrogen-bond acceptors (Lipinski definition) is 18. The van der Waals surface area contributed by atoms with Crippen LogP contribution in [-0.4, -0.2) is 179 Å². The summed E-state index contributed by atoms with van der Waals surface area (Å²) in [4.78, 5) is 119. The zero-order valence-corrected chi connectivity index (χ0v) is 44.0. The van der Waals surface area contributed by atoms with Gasteiger partial charge in [-0.25, -0.2) is 14.4 Å². The first-order valence-corrected chi connectivity index (χ1v) is 25.9. The minimum atomic E-state index is -1.12. The Labute approximate surface area is 441 Å². The van der Waals surface area contributed by atoms with Gasteiger partial charge in [0, 0.05) is 99.1 Å². The second-order valence-corrected chi connectivity index (χ2v) is 22.4. The Bertz CT molecular complexity index is 2710. The lowest BCUT2D eigenvalue weighted by Gasteiger charge is -2.46. The Morgan fingerprint density at radius 3 is 1.64 bits per heavy atom. The van der Waals surface area contributed by atoms with Crippen molar-refractivity contribution in [1.29, 1.82) is 0 Å². The number of carboxylic acid groups (broad SMARTS) is 1. The number of thioether (sulfide) groups is 2. The molecule has 75 heavy (non-hydrogen) atoms. The van der Waals surface area contributed by atoms with Crippen LogP contribution in [0.25, 0.3) is 0 Å². The van der Waals surface area contributed by atoms with Gasteiger partial charge in [-0.15, -0.1) is 23.5 Å². The van der Waals surface area contributed by atoms with Crippen molar-refractivity contribution >= 4 is 76.6 Å². The number of esters is 1. The van der Waals surface area contributed by atoms with Crippen LogP contribution in [0, 0.1) is 43.9 Å². The third-order valence-corrected chi connectivity index (χ3v) is 17.3. The lowest BCUT2D eigenvalue weighted by molar-refractivity contribution is -0.385. The Morgan fingerprint density at radius 2 is 1.19 bits per heavy atom. The monoisotopic (exact) mass is 1080 g/mol. The van der Waals surface area contributed by atoms with Gasteiger partial charge < -0.3 is 49.7 Å². The number of rotatable bonds is 16. The number of hydrogen-bond donors (Lipinski definition) is 4. The van der Waals surface area contributed by atoms with Crippen molar-refractivity contribution in [2.75, 3.05) is 41.3 Å². The zero-order chi connectivity index (χ0) is 55.1. The SMILES string of the molecule is C[C@@H](O)[C@H]1C(=O)N2C(C(=O)O)=C(S[C@@H]3CN[C@H](C(=O)N(C)C)C3)[C@H](C)[C@H]12.C[C@@H](O)[C@H]1C(=O)N2C(C(=O)OCc3ccc([N+](=O)[O-])cc3)=C(S[C@H]3C[C@@H](C(=O)N(C)C)N(C(=O)OCc4ccc([N+](=O)[O-])cc4)C3)[C@H](C)[C@H]12.[HH]. The van der Waals surface area contributed by atoms with Crippen LogP contribution < -0.4 is 5.32 Å². The minimum Gasteiger partial charge on any atom is -0.477 e. The molecule has 12 atom stereocenters. The van der Waals surface area contributed by atoms with Crippen molar-refractivity contribution in [1.82, 2.24) is 29.8 Å². The van der Waals surface area contributed by atoms with E-state index < -0.39 is 75.2 Å². The fourth-order valence-electron chi connectivity index (χ4n) is 10.5. The lowest BCUT2D eigenvalue weighted by Crippen LogP contribution is -2.63. The number of ether oxygens (including phenoxy) is 2. The minimum absolute atomic E-state index is 0. The van der Waals surface area contributed by atoms with E-state index in [-0.39, 0.29) is 97.3 Å². The van der Waals surface area contributed by atoms with Crippen LogP contribution in [0.15, 0.2) is 69.7 Å². The van der Waals surface area contributed by atoms with Crippen molar-refractivity contribution in [3.63, 3.8) is 0 Å². The maximum absolute atomic E-state index is 13.6. The summed E-state index contributed by atoms with van der Waals surface area (Å²) in [6, 6.07) is 9.09. The third kappa shape index (κ3) is 11.2. The molecule has 0 spiro atoms.